The third-order valence-electron chi connectivity index (χ3n) is 5.29. The van der Waals surface area contributed by atoms with Crippen LogP contribution in [0.25, 0.3) is 0 Å². The molecule has 2 aromatic carbocycles. The number of halogens is 3. The number of rotatable bonds is 6. The van der Waals surface area contributed by atoms with Crippen molar-refractivity contribution in [3.63, 3.8) is 0 Å². The Labute approximate surface area is 182 Å². The van der Waals surface area contributed by atoms with Gasteiger partial charge in [-0.2, -0.15) is 17.5 Å². The van der Waals surface area contributed by atoms with Gasteiger partial charge in [-0.1, -0.05) is 18.2 Å². The number of alkyl halides is 3. The van der Waals surface area contributed by atoms with Crippen LogP contribution in [0, 0.1) is 0 Å². The van der Waals surface area contributed by atoms with Crippen molar-refractivity contribution < 1.29 is 36.3 Å². The second kappa shape index (κ2) is 9.29. The smallest absolute Gasteiger partial charge is 0.416 e. The van der Waals surface area contributed by atoms with Gasteiger partial charge in [0.1, 0.15) is 6.54 Å². The van der Waals surface area contributed by atoms with Gasteiger partial charge >= 0.3 is 12.1 Å². The van der Waals surface area contributed by atoms with Gasteiger partial charge in [-0.25, -0.2) is 8.42 Å². The summed E-state index contributed by atoms with van der Waals surface area (Å²) in [7, 11) is -3.84. The summed E-state index contributed by atoms with van der Waals surface area (Å²) in [6.07, 6.45) is -3.66. The highest BCUT2D eigenvalue weighted by Gasteiger charge is 2.33. The van der Waals surface area contributed by atoms with Crippen molar-refractivity contribution in [2.45, 2.75) is 29.8 Å². The summed E-state index contributed by atoms with van der Waals surface area (Å²) in [6.45, 7) is -0.242. The SMILES string of the molecule is O=C(O)CNC(=O)c1ccc(S(=O)(=O)N2CCC(c3cccc(C(F)(F)F)c3)CC2)cc1. The molecule has 172 valence electrons. The summed E-state index contributed by atoms with van der Waals surface area (Å²) in [6, 6.07) is 10.2. The molecule has 0 aliphatic carbocycles. The molecule has 1 aliphatic rings. The second-order valence-electron chi connectivity index (χ2n) is 7.40. The average molecular weight is 470 g/mol. The number of carbonyl (C=O) groups excluding carboxylic acids is 1. The first-order valence-corrected chi connectivity index (χ1v) is 11.2. The van der Waals surface area contributed by atoms with Crippen LogP contribution in [0.5, 0.6) is 0 Å². The maximum absolute atomic E-state index is 13.0. The quantitative estimate of drug-likeness (QED) is 0.675. The molecule has 1 aliphatic heterocycles. The number of hydrogen-bond acceptors (Lipinski definition) is 4. The first kappa shape index (κ1) is 23.7. The maximum Gasteiger partial charge on any atom is 0.416 e. The summed E-state index contributed by atoms with van der Waals surface area (Å²) in [5.41, 5.74) is -0.0698. The molecule has 11 heteroatoms. The average Bonchev–Trinajstić information content (AvgIpc) is 2.77. The normalized spacial score (nSPS) is 16.0. The molecular weight excluding hydrogens is 449 g/mol. The lowest BCUT2D eigenvalue weighted by molar-refractivity contribution is -0.138. The number of hydrogen-bond donors (Lipinski definition) is 2. The van der Waals surface area contributed by atoms with E-state index in [9.17, 15) is 31.2 Å². The Bertz CT molecular complexity index is 1090. The Hall–Kier alpha value is -2.92. The molecule has 1 heterocycles. The van der Waals surface area contributed by atoms with Crippen LogP contribution in [-0.2, 0) is 21.0 Å². The van der Waals surface area contributed by atoms with Crippen molar-refractivity contribution in [3.8, 4) is 0 Å². The molecule has 0 spiro atoms. The molecule has 0 bridgehead atoms. The van der Waals surface area contributed by atoms with E-state index in [1.807, 2.05) is 0 Å². The van der Waals surface area contributed by atoms with E-state index in [1.54, 1.807) is 6.07 Å². The predicted molar refractivity (Wildman–Crippen MR) is 109 cm³/mol. The molecule has 0 atom stereocenters. The Morgan fingerprint density at radius 2 is 1.69 bits per heavy atom. The molecular formula is C21H21F3N2O5S. The van der Waals surface area contributed by atoms with E-state index in [-0.39, 0.29) is 29.5 Å². The minimum absolute atomic E-state index is 0.0233. The standard InChI is InChI=1S/C21H21F3N2O5S/c22-21(23,24)17-3-1-2-16(12-17)14-8-10-26(11-9-14)32(30,31)18-6-4-15(5-7-18)20(29)25-13-19(27)28/h1-7,12,14H,8-11,13H2,(H,25,29)(H,27,28). The molecule has 2 aromatic rings. The fourth-order valence-corrected chi connectivity index (χ4v) is 5.05. The van der Waals surface area contributed by atoms with Gasteiger partial charge < -0.3 is 10.4 Å². The van der Waals surface area contributed by atoms with Crippen molar-refractivity contribution in [1.82, 2.24) is 9.62 Å². The zero-order chi connectivity index (χ0) is 23.5. The first-order chi connectivity index (χ1) is 15.0. The van der Waals surface area contributed by atoms with E-state index in [0.29, 0.717) is 18.4 Å². The number of piperidine rings is 1. The first-order valence-electron chi connectivity index (χ1n) is 9.76. The van der Waals surface area contributed by atoms with Gasteiger partial charge in [-0.3, -0.25) is 9.59 Å². The topological polar surface area (TPSA) is 104 Å². The van der Waals surface area contributed by atoms with Crippen molar-refractivity contribution >= 4 is 21.9 Å². The van der Waals surface area contributed by atoms with Crippen LogP contribution < -0.4 is 5.32 Å². The number of benzene rings is 2. The van der Waals surface area contributed by atoms with Crippen molar-refractivity contribution in [2.24, 2.45) is 0 Å². The van der Waals surface area contributed by atoms with E-state index < -0.39 is 40.2 Å². The van der Waals surface area contributed by atoms with Gasteiger partial charge in [-0.15, -0.1) is 0 Å². The Morgan fingerprint density at radius 1 is 1.06 bits per heavy atom. The van der Waals surface area contributed by atoms with Gasteiger partial charge in [0.05, 0.1) is 10.5 Å². The molecule has 32 heavy (non-hydrogen) atoms. The van der Waals surface area contributed by atoms with E-state index in [2.05, 4.69) is 5.32 Å². The molecule has 0 unspecified atom stereocenters. The summed E-state index contributed by atoms with van der Waals surface area (Å²) in [5, 5.41) is 10.8. The number of carboxylic acids is 1. The zero-order valence-corrected chi connectivity index (χ0v) is 17.6. The summed E-state index contributed by atoms with van der Waals surface area (Å²) < 4.78 is 66.0. The van der Waals surface area contributed by atoms with Crippen molar-refractivity contribution in [2.75, 3.05) is 19.6 Å². The van der Waals surface area contributed by atoms with E-state index in [4.69, 9.17) is 5.11 Å². The monoisotopic (exact) mass is 470 g/mol. The zero-order valence-electron chi connectivity index (χ0n) is 16.8. The van der Waals surface area contributed by atoms with E-state index in [1.165, 1.54) is 34.6 Å². The Balaban J connectivity index is 1.66. The predicted octanol–water partition coefficient (Wildman–Crippen LogP) is 3.09. The molecule has 1 amide bonds. The van der Waals surface area contributed by atoms with E-state index in [0.717, 1.165) is 12.1 Å². The lowest BCUT2D eigenvalue weighted by atomic mass is 9.89. The molecule has 0 saturated carbocycles. The van der Waals surface area contributed by atoms with Gasteiger partial charge in [0.25, 0.3) is 5.91 Å². The minimum atomic E-state index is -4.43. The van der Waals surface area contributed by atoms with Crippen LogP contribution >= 0.6 is 0 Å². The molecule has 1 fully saturated rings. The van der Waals surface area contributed by atoms with Crippen LogP contribution in [0.3, 0.4) is 0 Å². The molecule has 2 N–H and O–H groups in total. The molecule has 7 nitrogen and oxygen atoms in total. The van der Waals surface area contributed by atoms with Crippen molar-refractivity contribution in [3.05, 3.63) is 65.2 Å². The number of carbonyl (C=O) groups is 2. The summed E-state index contributed by atoms with van der Waals surface area (Å²) in [5.74, 6) is -2.02. The number of sulfonamides is 1. The van der Waals surface area contributed by atoms with Gasteiger partial charge in [0.2, 0.25) is 10.0 Å². The van der Waals surface area contributed by atoms with Crippen LogP contribution in [0.2, 0.25) is 0 Å². The highest BCUT2D eigenvalue weighted by atomic mass is 32.2. The van der Waals surface area contributed by atoms with Gasteiger partial charge in [0, 0.05) is 18.7 Å². The van der Waals surface area contributed by atoms with E-state index >= 15 is 0 Å². The third kappa shape index (κ3) is 5.46. The highest BCUT2D eigenvalue weighted by molar-refractivity contribution is 7.89. The van der Waals surface area contributed by atoms with Gasteiger partial charge in [0.15, 0.2) is 0 Å². The van der Waals surface area contributed by atoms with Crippen molar-refractivity contribution in [1.29, 1.82) is 0 Å². The van der Waals surface area contributed by atoms with Gasteiger partial charge in [-0.05, 0) is 54.7 Å². The highest BCUT2D eigenvalue weighted by Crippen LogP contribution is 2.35. The summed E-state index contributed by atoms with van der Waals surface area (Å²) >= 11 is 0. The molecule has 0 aromatic heterocycles. The number of carboxylic acid groups (broad SMARTS) is 1. The van der Waals surface area contributed by atoms with Crippen LogP contribution in [0.1, 0.15) is 40.2 Å². The number of nitrogens with one attached hydrogen (secondary N) is 1. The lowest BCUT2D eigenvalue weighted by Crippen LogP contribution is -2.38. The van der Waals surface area contributed by atoms with Crippen LogP contribution in [0.4, 0.5) is 13.2 Å². The number of amides is 1. The molecule has 0 radical (unpaired) electrons. The van der Waals surface area contributed by atoms with Crippen LogP contribution in [-0.4, -0.2) is 49.3 Å². The third-order valence-corrected chi connectivity index (χ3v) is 7.21. The number of nitrogens with zero attached hydrogens (tertiary/aromatic N) is 1. The number of aliphatic carboxylic acids is 1. The fraction of sp³-hybridized carbons (Fsp3) is 0.333. The molecule has 1 saturated heterocycles. The molecule has 3 rings (SSSR count). The largest absolute Gasteiger partial charge is 0.480 e. The maximum atomic E-state index is 13.0. The Kier molecular flexibility index (Phi) is 6.89. The summed E-state index contributed by atoms with van der Waals surface area (Å²) in [4.78, 5) is 22.4. The second-order valence-corrected chi connectivity index (χ2v) is 9.34. The lowest BCUT2D eigenvalue weighted by Gasteiger charge is -2.31. The Morgan fingerprint density at radius 3 is 2.25 bits per heavy atom. The van der Waals surface area contributed by atoms with Crippen LogP contribution in [0.15, 0.2) is 53.4 Å². The minimum Gasteiger partial charge on any atom is -0.480 e. The fourth-order valence-electron chi connectivity index (χ4n) is 3.58.